The van der Waals surface area contributed by atoms with Gasteiger partial charge in [-0.05, 0) is 60.3 Å². The Morgan fingerprint density at radius 2 is 1.88 bits per heavy atom. The van der Waals surface area contributed by atoms with Crippen LogP contribution in [0.2, 0.25) is 0 Å². The van der Waals surface area contributed by atoms with E-state index in [0.29, 0.717) is 17.4 Å². The predicted octanol–water partition coefficient (Wildman–Crippen LogP) is 3.84. The minimum absolute atomic E-state index is 0.0265. The largest absolute Gasteiger partial charge is 0.473 e. The molecule has 7 nitrogen and oxygen atoms in total. The van der Waals surface area contributed by atoms with Gasteiger partial charge in [-0.15, -0.1) is 11.3 Å². The molecule has 0 bridgehead atoms. The Kier molecular flexibility index (Phi) is 6.86. The lowest BCUT2D eigenvalue weighted by Gasteiger charge is -2.30. The zero-order valence-corrected chi connectivity index (χ0v) is 16.9. The van der Waals surface area contributed by atoms with E-state index in [1.807, 2.05) is 27.7 Å². The molecule has 1 aromatic heterocycles. The zero-order valence-electron chi connectivity index (χ0n) is 16.1. The topological polar surface area (TPSA) is 86.8 Å². The second-order valence-electron chi connectivity index (χ2n) is 7.33. The highest BCUT2D eigenvalue weighted by Crippen LogP contribution is 2.30. The lowest BCUT2D eigenvalue weighted by atomic mass is 9.93. The first kappa shape index (κ1) is 20.5. The van der Waals surface area contributed by atoms with Crippen LogP contribution in [0.15, 0.2) is 0 Å². The van der Waals surface area contributed by atoms with Crippen molar-refractivity contribution in [3.05, 3.63) is 9.88 Å². The number of carbonyl (C=O) groups is 2. The number of amides is 1. The van der Waals surface area contributed by atoms with Crippen LogP contribution in [-0.4, -0.2) is 41.4 Å². The number of hydrogen-bond donors (Lipinski definition) is 1. The standard InChI is InChI=1S/C18H28N2O5S/c1-6-23-16(21)14-15(19-11(2)26-14)24-13-9-7-12(8-10-13)20-17(22)25-18(3,4)5/h12-13H,6-10H2,1-5H3,(H,20,22). The molecule has 1 amide bonds. The fourth-order valence-corrected chi connectivity index (χ4v) is 3.52. The lowest BCUT2D eigenvalue weighted by molar-refractivity contribution is 0.0458. The summed E-state index contributed by atoms with van der Waals surface area (Å²) in [5.74, 6) is -0.0390. The van der Waals surface area contributed by atoms with Crippen LogP contribution >= 0.6 is 11.3 Å². The second-order valence-corrected chi connectivity index (χ2v) is 8.53. The Hall–Kier alpha value is -1.83. The van der Waals surface area contributed by atoms with Crippen molar-refractivity contribution < 1.29 is 23.8 Å². The van der Waals surface area contributed by atoms with E-state index in [-0.39, 0.29) is 18.2 Å². The quantitative estimate of drug-likeness (QED) is 0.776. The molecule has 0 atom stereocenters. The van der Waals surface area contributed by atoms with E-state index in [2.05, 4.69) is 10.3 Å². The van der Waals surface area contributed by atoms with Gasteiger partial charge in [-0.2, -0.15) is 0 Å². The molecule has 146 valence electrons. The number of ether oxygens (including phenoxy) is 3. The van der Waals surface area contributed by atoms with Crippen molar-refractivity contribution in [1.29, 1.82) is 0 Å². The van der Waals surface area contributed by atoms with Crippen molar-refractivity contribution >= 4 is 23.4 Å². The summed E-state index contributed by atoms with van der Waals surface area (Å²) in [7, 11) is 0. The molecule has 1 fully saturated rings. The maximum absolute atomic E-state index is 12.0. The molecule has 0 unspecified atom stereocenters. The zero-order chi connectivity index (χ0) is 19.3. The van der Waals surface area contributed by atoms with E-state index in [1.165, 1.54) is 11.3 Å². The number of aromatic nitrogens is 1. The van der Waals surface area contributed by atoms with Crippen molar-refractivity contribution in [3.8, 4) is 5.88 Å². The van der Waals surface area contributed by atoms with Gasteiger partial charge in [0.15, 0.2) is 4.88 Å². The van der Waals surface area contributed by atoms with Crippen LogP contribution in [-0.2, 0) is 9.47 Å². The molecule has 1 N–H and O–H groups in total. The van der Waals surface area contributed by atoms with E-state index in [4.69, 9.17) is 14.2 Å². The number of nitrogens with zero attached hydrogens (tertiary/aromatic N) is 1. The summed E-state index contributed by atoms with van der Waals surface area (Å²) in [6, 6.07) is 0.0754. The summed E-state index contributed by atoms with van der Waals surface area (Å²) in [6.07, 6.45) is 2.73. The van der Waals surface area contributed by atoms with E-state index >= 15 is 0 Å². The van der Waals surface area contributed by atoms with Gasteiger partial charge in [0.25, 0.3) is 0 Å². The monoisotopic (exact) mass is 384 g/mol. The average Bonchev–Trinajstić information content (AvgIpc) is 2.88. The number of nitrogens with one attached hydrogen (secondary N) is 1. The van der Waals surface area contributed by atoms with Gasteiger partial charge in [0.05, 0.1) is 11.6 Å². The summed E-state index contributed by atoms with van der Waals surface area (Å²) in [5.41, 5.74) is -0.504. The van der Waals surface area contributed by atoms with Crippen LogP contribution in [0.25, 0.3) is 0 Å². The number of hydrogen-bond acceptors (Lipinski definition) is 7. The number of rotatable bonds is 5. The number of esters is 1. The Morgan fingerprint density at radius 1 is 1.23 bits per heavy atom. The van der Waals surface area contributed by atoms with Gasteiger partial charge < -0.3 is 19.5 Å². The first-order chi connectivity index (χ1) is 12.2. The SMILES string of the molecule is CCOC(=O)c1sc(C)nc1OC1CCC(NC(=O)OC(C)(C)C)CC1. The average molecular weight is 384 g/mol. The highest BCUT2D eigenvalue weighted by Gasteiger charge is 2.28. The highest BCUT2D eigenvalue weighted by atomic mass is 32.1. The van der Waals surface area contributed by atoms with Crippen molar-refractivity contribution in [3.63, 3.8) is 0 Å². The van der Waals surface area contributed by atoms with Crippen LogP contribution in [0.3, 0.4) is 0 Å². The summed E-state index contributed by atoms with van der Waals surface area (Å²) < 4.78 is 16.3. The Morgan fingerprint density at radius 3 is 2.46 bits per heavy atom. The van der Waals surface area contributed by atoms with Gasteiger partial charge in [0.1, 0.15) is 11.7 Å². The van der Waals surface area contributed by atoms with E-state index < -0.39 is 11.6 Å². The van der Waals surface area contributed by atoms with Gasteiger partial charge in [-0.1, -0.05) is 0 Å². The fourth-order valence-electron chi connectivity index (χ4n) is 2.77. The van der Waals surface area contributed by atoms with E-state index in [9.17, 15) is 9.59 Å². The Labute approximate surface area is 158 Å². The van der Waals surface area contributed by atoms with E-state index in [0.717, 1.165) is 30.7 Å². The molecule has 0 aliphatic heterocycles. The van der Waals surface area contributed by atoms with Crippen LogP contribution in [0, 0.1) is 6.92 Å². The van der Waals surface area contributed by atoms with E-state index in [1.54, 1.807) is 6.92 Å². The second kappa shape index (κ2) is 8.70. The molecular formula is C18H28N2O5S. The Balaban J connectivity index is 1.86. The number of carbonyl (C=O) groups excluding carboxylic acids is 2. The molecule has 1 aliphatic rings. The molecule has 1 heterocycles. The molecule has 0 spiro atoms. The first-order valence-electron chi connectivity index (χ1n) is 8.98. The number of thiazole rings is 1. The Bertz CT molecular complexity index is 630. The molecule has 0 saturated heterocycles. The smallest absolute Gasteiger partial charge is 0.407 e. The lowest BCUT2D eigenvalue weighted by Crippen LogP contribution is -2.42. The van der Waals surface area contributed by atoms with Gasteiger partial charge >= 0.3 is 12.1 Å². The molecule has 1 aliphatic carbocycles. The molecule has 1 aromatic rings. The molecule has 0 aromatic carbocycles. The summed E-state index contributed by atoms with van der Waals surface area (Å²) in [6.45, 7) is 9.45. The van der Waals surface area contributed by atoms with Gasteiger partial charge in [-0.3, -0.25) is 0 Å². The molecule has 2 rings (SSSR count). The van der Waals surface area contributed by atoms with Crippen molar-refractivity contribution in [2.75, 3.05) is 6.61 Å². The van der Waals surface area contributed by atoms with Crippen molar-refractivity contribution in [2.45, 2.75) is 78.0 Å². The van der Waals surface area contributed by atoms with Gasteiger partial charge in [0.2, 0.25) is 5.88 Å². The third kappa shape index (κ3) is 6.16. The third-order valence-corrected chi connectivity index (χ3v) is 4.77. The van der Waals surface area contributed by atoms with Gasteiger partial charge in [0, 0.05) is 6.04 Å². The minimum atomic E-state index is -0.504. The van der Waals surface area contributed by atoms with Crippen LogP contribution in [0.4, 0.5) is 4.79 Å². The summed E-state index contributed by atoms with van der Waals surface area (Å²) in [4.78, 5) is 28.6. The van der Waals surface area contributed by atoms with Crippen LogP contribution in [0.1, 0.15) is 68.1 Å². The van der Waals surface area contributed by atoms with Gasteiger partial charge in [-0.25, -0.2) is 14.6 Å². The molecule has 26 heavy (non-hydrogen) atoms. The van der Waals surface area contributed by atoms with Crippen LogP contribution < -0.4 is 10.1 Å². The maximum atomic E-state index is 12.0. The summed E-state index contributed by atoms with van der Waals surface area (Å²) >= 11 is 1.28. The summed E-state index contributed by atoms with van der Waals surface area (Å²) in [5, 5.41) is 3.67. The highest BCUT2D eigenvalue weighted by molar-refractivity contribution is 7.13. The predicted molar refractivity (Wildman–Crippen MR) is 98.8 cm³/mol. The molecule has 8 heteroatoms. The normalized spacial score (nSPS) is 20.3. The van der Waals surface area contributed by atoms with Crippen molar-refractivity contribution in [2.24, 2.45) is 0 Å². The maximum Gasteiger partial charge on any atom is 0.407 e. The third-order valence-electron chi connectivity index (χ3n) is 3.84. The molecular weight excluding hydrogens is 356 g/mol. The minimum Gasteiger partial charge on any atom is -0.473 e. The number of alkyl carbamates (subject to hydrolysis) is 1. The van der Waals surface area contributed by atoms with Crippen LogP contribution in [0.5, 0.6) is 5.88 Å². The first-order valence-corrected chi connectivity index (χ1v) is 9.80. The fraction of sp³-hybridized carbons (Fsp3) is 0.722. The molecule has 0 radical (unpaired) electrons. The number of aryl methyl sites for hydroxylation is 1. The molecule has 1 saturated carbocycles. The van der Waals surface area contributed by atoms with Crippen molar-refractivity contribution in [1.82, 2.24) is 10.3 Å².